The van der Waals surface area contributed by atoms with Gasteiger partial charge in [-0.3, -0.25) is 52.7 Å². The van der Waals surface area contributed by atoms with Gasteiger partial charge in [-0.15, -0.1) is 0 Å². The maximum absolute atomic E-state index is 14.3. The Bertz CT molecular complexity index is 2080. The summed E-state index contributed by atoms with van der Waals surface area (Å²) in [5.41, 5.74) is 14.8. The van der Waals surface area contributed by atoms with Crippen molar-refractivity contribution in [1.29, 1.82) is 0 Å². The summed E-state index contributed by atoms with van der Waals surface area (Å²) in [5.74, 6) is -8.90. The Hall–Kier alpha value is -6.11. The second kappa shape index (κ2) is 28.7. The highest BCUT2D eigenvalue weighted by Crippen LogP contribution is 2.25. The zero-order valence-electron chi connectivity index (χ0n) is 41.9. The van der Waals surface area contributed by atoms with Crippen molar-refractivity contribution >= 4 is 86.6 Å². The highest BCUT2D eigenvalue weighted by molar-refractivity contribution is 8.76. The monoisotopic (exact) mass is 1040 g/mol. The van der Waals surface area contributed by atoms with Crippen LogP contribution in [0, 0.1) is 16.7 Å². The Kier molecular flexibility index (Phi) is 24.6. The minimum absolute atomic E-state index is 0.000191. The lowest BCUT2D eigenvalue weighted by atomic mass is 9.85. The van der Waals surface area contributed by atoms with Gasteiger partial charge in [0.1, 0.15) is 48.0 Å². The molecule has 23 nitrogen and oxygen atoms in total. The maximum Gasteiger partial charge on any atom is 0.244 e. The molecule has 0 saturated carbocycles. The van der Waals surface area contributed by atoms with Crippen LogP contribution in [0.2, 0.25) is 0 Å². The maximum atomic E-state index is 14.3. The van der Waals surface area contributed by atoms with Crippen LogP contribution < -0.4 is 64.5 Å². The zero-order chi connectivity index (χ0) is 53.8. The Balaban J connectivity index is 2.65. The second-order valence-electron chi connectivity index (χ2n) is 19.6. The quantitative estimate of drug-likeness (QED) is 0.0761. The lowest BCUT2D eigenvalue weighted by molar-refractivity contribution is -0.137. The lowest BCUT2D eigenvalue weighted by Gasteiger charge is -2.34. The molecule has 1 heterocycles. The zero-order valence-corrected chi connectivity index (χ0v) is 43.6. The van der Waals surface area contributed by atoms with Gasteiger partial charge in [-0.1, -0.05) is 89.1 Å². The molecule has 25 heteroatoms. The number of amides is 11. The predicted molar refractivity (Wildman–Crippen MR) is 267 cm³/mol. The van der Waals surface area contributed by atoms with E-state index in [0.29, 0.717) is 17.9 Å². The average molecular weight is 1040 g/mol. The van der Waals surface area contributed by atoms with Crippen molar-refractivity contribution in [2.45, 2.75) is 143 Å². The molecule has 1 aliphatic rings. The molecule has 396 valence electrons. The first-order valence-corrected chi connectivity index (χ1v) is 25.7. The summed E-state index contributed by atoms with van der Waals surface area (Å²) < 4.78 is 5.54. The van der Waals surface area contributed by atoms with Gasteiger partial charge < -0.3 is 64.5 Å². The molecule has 7 unspecified atom stereocenters. The van der Waals surface area contributed by atoms with Crippen LogP contribution in [-0.2, 0) is 59.2 Å². The van der Waals surface area contributed by atoms with Gasteiger partial charge in [-0.25, -0.2) is 0 Å². The highest BCUT2D eigenvalue weighted by atomic mass is 33.1. The number of carbonyl (C=O) groups excluding carboxylic acids is 11. The lowest BCUT2D eigenvalue weighted by Crippen LogP contribution is -2.63. The molecule has 0 bridgehead atoms. The van der Waals surface area contributed by atoms with Crippen LogP contribution in [0.1, 0.15) is 100.0 Å². The normalized spacial score (nSPS) is 21.1. The van der Waals surface area contributed by atoms with Crippen molar-refractivity contribution in [3.8, 4) is 5.75 Å². The molecule has 7 atom stereocenters. The van der Waals surface area contributed by atoms with Gasteiger partial charge in [0.15, 0.2) is 0 Å². The predicted octanol–water partition coefficient (Wildman–Crippen LogP) is -1.31. The number of rotatable bonds is 18. The Labute approximate surface area is 422 Å². The molecule has 1 aromatic carbocycles. The fourth-order valence-corrected chi connectivity index (χ4v) is 9.10. The summed E-state index contributed by atoms with van der Waals surface area (Å²) in [7, 11) is 2.20. The SMILES string of the molecule is CCOc1ccc(CC2NC(=O)CCSSCC(C(=O)NC(C(=O)NC(CC(C)C)C(=O)NCC(N)=O)C(C)(C)C)NC(=O)C(CC(N)=O)NC(=O)C(CCC(N)=O)NC(=O)C(C(C)(C)C)NC2=O)cc1. The molecular weight excluding hydrogens is 963 g/mol. The summed E-state index contributed by atoms with van der Waals surface area (Å²) in [4.78, 5) is 147. The smallest absolute Gasteiger partial charge is 0.244 e. The standard InChI is InChI=1S/C46H73N11O12S2/c1-10-69-26-13-11-25(12-14-26)20-29-41(65)56-36(45(4,5)6)43(67)52-27(15-16-32(47)58)39(63)53-30(21-33(48)59)40(64)55-31(23-71-70-18-17-35(61)51-29)42(66)57-37(46(7,8)9)44(68)54-28(19-24(2)3)38(62)50-22-34(49)60/h11-14,24,27-31,36-37H,10,15-23H2,1-9H3,(H2,47,58)(H2,48,59)(H2,49,60)(H,50,62)(H,51,61)(H,52,67)(H,53,63)(H,54,68)(H,55,64)(H,56,65)(H,57,66). The summed E-state index contributed by atoms with van der Waals surface area (Å²) >= 11 is 0. The third kappa shape index (κ3) is 22.2. The molecule has 14 N–H and O–H groups in total. The topological polar surface area (TPSA) is 371 Å². The van der Waals surface area contributed by atoms with Gasteiger partial charge in [-0.2, -0.15) is 0 Å². The van der Waals surface area contributed by atoms with Gasteiger partial charge in [0.25, 0.3) is 0 Å². The van der Waals surface area contributed by atoms with Crippen molar-refractivity contribution in [1.82, 2.24) is 42.5 Å². The van der Waals surface area contributed by atoms with Crippen molar-refractivity contribution in [3.05, 3.63) is 29.8 Å². The highest BCUT2D eigenvalue weighted by Gasteiger charge is 2.40. The summed E-state index contributed by atoms with van der Waals surface area (Å²) in [6.45, 7) is 15.3. The fourth-order valence-electron chi connectivity index (χ4n) is 6.95. The first kappa shape index (κ1) is 61.0. The van der Waals surface area contributed by atoms with E-state index in [1.165, 1.54) is 0 Å². The first-order chi connectivity index (χ1) is 33.0. The second-order valence-corrected chi connectivity index (χ2v) is 22.2. The molecule has 0 radical (unpaired) electrons. The molecule has 2 rings (SSSR count). The number of benzene rings is 1. The number of hydrogen-bond donors (Lipinski definition) is 11. The van der Waals surface area contributed by atoms with Crippen LogP contribution in [0.25, 0.3) is 0 Å². The van der Waals surface area contributed by atoms with Gasteiger partial charge in [-0.05, 0) is 54.2 Å². The Morgan fingerprint density at radius 3 is 1.89 bits per heavy atom. The number of nitrogens with one attached hydrogen (secondary N) is 8. The molecule has 11 amide bonds. The van der Waals surface area contributed by atoms with Crippen LogP contribution in [-0.4, -0.2) is 132 Å². The molecule has 0 aliphatic carbocycles. The van der Waals surface area contributed by atoms with Gasteiger partial charge >= 0.3 is 0 Å². The van der Waals surface area contributed by atoms with E-state index in [2.05, 4.69) is 42.5 Å². The van der Waals surface area contributed by atoms with E-state index in [-0.39, 0.29) is 43.1 Å². The summed E-state index contributed by atoms with van der Waals surface area (Å²) in [6, 6.07) is -2.97. The number of nitrogens with two attached hydrogens (primary N) is 3. The van der Waals surface area contributed by atoms with Crippen molar-refractivity contribution in [3.63, 3.8) is 0 Å². The van der Waals surface area contributed by atoms with E-state index in [9.17, 15) is 52.7 Å². The minimum atomic E-state index is -1.76. The Morgan fingerprint density at radius 1 is 0.732 bits per heavy atom. The minimum Gasteiger partial charge on any atom is -0.494 e. The number of hydrogen-bond acceptors (Lipinski definition) is 14. The van der Waals surface area contributed by atoms with E-state index < -0.39 is 137 Å². The molecular formula is C46H73N11O12S2. The molecule has 1 aliphatic heterocycles. The van der Waals surface area contributed by atoms with Gasteiger partial charge in [0, 0.05) is 30.8 Å². The van der Waals surface area contributed by atoms with Crippen LogP contribution >= 0.6 is 21.6 Å². The van der Waals surface area contributed by atoms with Crippen molar-refractivity contribution in [2.75, 3.05) is 24.7 Å². The molecule has 1 fully saturated rings. The fraction of sp³-hybridized carbons (Fsp3) is 0.630. The average Bonchev–Trinajstić information content (AvgIpc) is 3.25. The van der Waals surface area contributed by atoms with E-state index >= 15 is 0 Å². The van der Waals surface area contributed by atoms with E-state index in [0.717, 1.165) is 21.6 Å². The molecule has 0 aromatic heterocycles. The summed E-state index contributed by atoms with van der Waals surface area (Å²) in [6.07, 6.45) is -1.58. The van der Waals surface area contributed by atoms with E-state index in [1.807, 2.05) is 20.8 Å². The number of carbonyl (C=O) groups is 11. The van der Waals surface area contributed by atoms with Crippen LogP contribution in [0.5, 0.6) is 5.75 Å². The van der Waals surface area contributed by atoms with Crippen LogP contribution in [0.4, 0.5) is 0 Å². The molecule has 0 spiro atoms. The van der Waals surface area contributed by atoms with Gasteiger partial charge in [0.2, 0.25) is 65.0 Å². The van der Waals surface area contributed by atoms with Crippen molar-refractivity contribution in [2.24, 2.45) is 33.9 Å². The molecule has 71 heavy (non-hydrogen) atoms. The van der Waals surface area contributed by atoms with Crippen LogP contribution in [0.15, 0.2) is 24.3 Å². The summed E-state index contributed by atoms with van der Waals surface area (Å²) in [5, 5.41) is 20.7. The number of ether oxygens (including phenoxy) is 1. The number of primary amides is 3. The van der Waals surface area contributed by atoms with E-state index in [1.54, 1.807) is 65.8 Å². The molecule has 1 saturated heterocycles. The van der Waals surface area contributed by atoms with Crippen LogP contribution in [0.3, 0.4) is 0 Å². The first-order valence-electron chi connectivity index (χ1n) is 23.2. The third-order valence-electron chi connectivity index (χ3n) is 10.6. The van der Waals surface area contributed by atoms with Gasteiger partial charge in [0.05, 0.1) is 19.6 Å². The third-order valence-corrected chi connectivity index (χ3v) is 13.1. The molecule has 1 aromatic rings. The largest absolute Gasteiger partial charge is 0.494 e. The Morgan fingerprint density at radius 2 is 1.34 bits per heavy atom. The van der Waals surface area contributed by atoms with E-state index in [4.69, 9.17) is 21.9 Å². The van der Waals surface area contributed by atoms with Crippen molar-refractivity contribution < 1.29 is 57.5 Å².